The highest BCUT2D eigenvalue weighted by Gasteiger charge is 2.21. The molecule has 0 saturated carbocycles. The summed E-state index contributed by atoms with van der Waals surface area (Å²) in [6.45, 7) is 3.28. The average Bonchev–Trinajstić information content (AvgIpc) is 2.72. The van der Waals surface area contributed by atoms with E-state index < -0.39 is 0 Å². The Bertz CT molecular complexity index is 386. The molecular weight excluding hydrogens is 301 g/mol. The first kappa shape index (κ1) is 13.4. The molecule has 1 aromatic rings. The van der Waals surface area contributed by atoms with Crippen LogP contribution < -0.4 is 0 Å². The molecule has 1 aromatic carbocycles. The van der Waals surface area contributed by atoms with Gasteiger partial charge in [0.05, 0.1) is 4.47 Å². The Morgan fingerprint density at radius 3 is 3.06 bits per heavy atom. The summed E-state index contributed by atoms with van der Waals surface area (Å²) in [5.41, 5.74) is 1.18. The molecule has 4 heteroatoms. The minimum atomic E-state index is -0.185. The van der Waals surface area contributed by atoms with Crippen LogP contribution in [0.1, 0.15) is 12.0 Å². The van der Waals surface area contributed by atoms with E-state index in [1.165, 1.54) is 36.9 Å². The molecule has 1 unspecified atom stereocenters. The molecule has 0 N–H and O–H groups in total. The molecule has 1 aliphatic rings. The van der Waals surface area contributed by atoms with Gasteiger partial charge in [-0.3, -0.25) is 4.90 Å². The highest BCUT2D eigenvalue weighted by Crippen LogP contribution is 2.23. The minimum absolute atomic E-state index is 0.185. The van der Waals surface area contributed by atoms with Gasteiger partial charge in [-0.1, -0.05) is 6.07 Å². The summed E-state index contributed by atoms with van der Waals surface area (Å²) in [5.74, 6) is 1.90. The fourth-order valence-corrected chi connectivity index (χ4v) is 3.49. The van der Waals surface area contributed by atoms with Gasteiger partial charge in [0.15, 0.2) is 0 Å². The molecule has 1 nitrogen and oxygen atoms in total. The lowest BCUT2D eigenvalue weighted by molar-refractivity contribution is 0.321. The Hall–Kier alpha value is -0.0600. The lowest BCUT2D eigenvalue weighted by Crippen LogP contribution is -2.20. The standard InChI is InChI=1S/C13H17BrFNS/c1-17-9-11-4-5-16(8-11)7-10-2-3-13(15)12(14)6-10/h2-3,6,11H,4-5,7-9H2,1H3. The third-order valence-electron chi connectivity index (χ3n) is 3.16. The summed E-state index contributed by atoms with van der Waals surface area (Å²) in [4.78, 5) is 2.46. The molecule has 1 saturated heterocycles. The van der Waals surface area contributed by atoms with E-state index in [2.05, 4.69) is 27.1 Å². The molecule has 0 bridgehead atoms. The van der Waals surface area contributed by atoms with Gasteiger partial charge in [0.1, 0.15) is 5.82 Å². The minimum Gasteiger partial charge on any atom is -0.299 e. The van der Waals surface area contributed by atoms with Crippen molar-refractivity contribution in [1.82, 2.24) is 4.90 Å². The Morgan fingerprint density at radius 2 is 2.35 bits per heavy atom. The van der Waals surface area contributed by atoms with Crippen LogP contribution >= 0.6 is 27.7 Å². The van der Waals surface area contributed by atoms with Crippen LogP contribution in [0.3, 0.4) is 0 Å². The maximum atomic E-state index is 13.1. The van der Waals surface area contributed by atoms with Gasteiger partial charge in [-0.2, -0.15) is 11.8 Å². The quantitative estimate of drug-likeness (QED) is 0.831. The van der Waals surface area contributed by atoms with E-state index in [0.717, 1.165) is 12.5 Å². The van der Waals surface area contributed by atoms with Crippen molar-refractivity contribution in [2.75, 3.05) is 25.1 Å². The summed E-state index contributed by atoms with van der Waals surface area (Å²) in [6, 6.07) is 5.30. The van der Waals surface area contributed by atoms with Gasteiger partial charge in [0.2, 0.25) is 0 Å². The highest BCUT2D eigenvalue weighted by molar-refractivity contribution is 9.10. The van der Waals surface area contributed by atoms with Gasteiger partial charge in [0, 0.05) is 13.1 Å². The fourth-order valence-electron chi connectivity index (χ4n) is 2.32. The van der Waals surface area contributed by atoms with E-state index >= 15 is 0 Å². The van der Waals surface area contributed by atoms with Gasteiger partial charge in [0.25, 0.3) is 0 Å². The van der Waals surface area contributed by atoms with Crippen molar-refractivity contribution in [2.45, 2.75) is 13.0 Å². The second-order valence-electron chi connectivity index (χ2n) is 4.59. The molecule has 1 atom stereocenters. The van der Waals surface area contributed by atoms with Crippen LogP contribution in [-0.4, -0.2) is 30.0 Å². The first-order valence-corrected chi connectivity index (χ1v) is 8.03. The third-order valence-corrected chi connectivity index (χ3v) is 4.57. The topological polar surface area (TPSA) is 3.24 Å². The van der Waals surface area contributed by atoms with Crippen LogP contribution in [0.25, 0.3) is 0 Å². The number of rotatable bonds is 4. The molecule has 0 spiro atoms. The van der Waals surface area contributed by atoms with Crippen molar-refractivity contribution in [1.29, 1.82) is 0 Å². The lowest BCUT2D eigenvalue weighted by Gasteiger charge is -2.16. The van der Waals surface area contributed by atoms with E-state index in [0.29, 0.717) is 4.47 Å². The smallest absolute Gasteiger partial charge is 0.137 e. The van der Waals surface area contributed by atoms with E-state index in [1.807, 2.05) is 23.9 Å². The van der Waals surface area contributed by atoms with Gasteiger partial charge in [-0.15, -0.1) is 0 Å². The number of thioether (sulfide) groups is 1. The monoisotopic (exact) mass is 317 g/mol. The number of benzene rings is 1. The second-order valence-corrected chi connectivity index (χ2v) is 6.36. The zero-order chi connectivity index (χ0) is 12.3. The first-order chi connectivity index (χ1) is 8.19. The summed E-state index contributed by atoms with van der Waals surface area (Å²) in [5, 5.41) is 0. The van der Waals surface area contributed by atoms with E-state index in [-0.39, 0.29) is 5.82 Å². The number of hydrogen-bond donors (Lipinski definition) is 0. The Labute approximate surface area is 115 Å². The lowest BCUT2D eigenvalue weighted by atomic mass is 10.2. The van der Waals surface area contributed by atoms with Crippen molar-refractivity contribution in [2.24, 2.45) is 5.92 Å². The second kappa shape index (κ2) is 6.21. The number of nitrogens with zero attached hydrogens (tertiary/aromatic N) is 1. The molecule has 0 aliphatic carbocycles. The summed E-state index contributed by atoms with van der Waals surface area (Å²) in [6.07, 6.45) is 3.46. The molecule has 94 valence electrons. The highest BCUT2D eigenvalue weighted by atomic mass is 79.9. The van der Waals surface area contributed by atoms with Gasteiger partial charge in [-0.25, -0.2) is 4.39 Å². The van der Waals surface area contributed by atoms with E-state index in [1.54, 1.807) is 0 Å². The molecule has 1 fully saturated rings. The van der Waals surface area contributed by atoms with Gasteiger partial charge >= 0.3 is 0 Å². The van der Waals surface area contributed by atoms with Crippen molar-refractivity contribution in [3.8, 4) is 0 Å². The maximum Gasteiger partial charge on any atom is 0.137 e. The third kappa shape index (κ3) is 3.70. The molecule has 17 heavy (non-hydrogen) atoms. The molecule has 2 rings (SSSR count). The molecule has 0 amide bonds. The zero-order valence-corrected chi connectivity index (χ0v) is 12.4. The van der Waals surface area contributed by atoms with Crippen molar-refractivity contribution < 1.29 is 4.39 Å². The van der Waals surface area contributed by atoms with Crippen molar-refractivity contribution in [3.05, 3.63) is 34.1 Å². The van der Waals surface area contributed by atoms with E-state index in [4.69, 9.17) is 0 Å². The normalized spacial score (nSPS) is 21.0. The molecule has 0 aromatic heterocycles. The largest absolute Gasteiger partial charge is 0.299 e. The maximum absolute atomic E-state index is 13.1. The average molecular weight is 318 g/mol. The van der Waals surface area contributed by atoms with Crippen molar-refractivity contribution in [3.63, 3.8) is 0 Å². The number of hydrogen-bond acceptors (Lipinski definition) is 2. The summed E-state index contributed by atoms with van der Waals surface area (Å²) < 4.78 is 13.7. The van der Waals surface area contributed by atoms with Gasteiger partial charge in [-0.05, 0) is 64.5 Å². The molecular formula is C13H17BrFNS. The van der Waals surface area contributed by atoms with Crippen LogP contribution in [0.2, 0.25) is 0 Å². The summed E-state index contributed by atoms with van der Waals surface area (Å²) >= 11 is 5.16. The Balaban J connectivity index is 1.91. The zero-order valence-electron chi connectivity index (χ0n) is 9.96. The predicted molar refractivity (Wildman–Crippen MR) is 75.9 cm³/mol. The Kier molecular flexibility index (Phi) is 4.88. The van der Waals surface area contributed by atoms with Crippen LogP contribution in [0.4, 0.5) is 4.39 Å². The van der Waals surface area contributed by atoms with Crippen LogP contribution in [-0.2, 0) is 6.54 Å². The SMILES string of the molecule is CSCC1CCN(Cc2ccc(F)c(Br)c2)C1. The van der Waals surface area contributed by atoms with Crippen LogP contribution in [0.15, 0.2) is 22.7 Å². The first-order valence-electron chi connectivity index (χ1n) is 5.84. The Morgan fingerprint density at radius 1 is 1.53 bits per heavy atom. The molecule has 1 heterocycles. The van der Waals surface area contributed by atoms with E-state index in [9.17, 15) is 4.39 Å². The number of halogens is 2. The molecule has 0 radical (unpaired) electrons. The van der Waals surface area contributed by atoms with Crippen LogP contribution in [0.5, 0.6) is 0 Å². The van der Waals surface area contributed by atoms with Crippen molar-refractivity contribution >= 4 is 27.7 Å². The molecule has 1 aliphatic heterocycles. The summed E-state index contributed by atoms with van der Waals surface area (Å²) in [7, 11) is 0. The van der Waals surface area contributed by atoms with Crippen LogP contribution in [0, 0.1) is 11.7 Å². The fraction of sp³-hybridized carbons (Fsp3) is 0.538. The predicted octanol–water partition coefficient (Wildman–Crippen LogP) is 3.77. The van der Waals surface area contributed by atoms with Gasteiger partial charge < -0.3 is 0 Å². The number of likely N-dealkylation sites (tertiary alicyclic amines) is 1.